The molecule has 4 aromatic rings. The Kier molecular flexibility index (Phi) is 4.85. The van der Waals surface area contributed by atoms with Gasteiger partial charge in [0.1, 0.15) is 17.9 Å². The molecular formula is C24H21NO3. The Morgan fingerprint density at radius 2 is 1.57 bits per heavy atom. The van der Waals surface area contributed by atoms with Crippen LogP contribution in [0.3, 0.4) is 0 Å². The van der Waals surface area contributed by atoms with Crippen LogP contribution in [0.25, 0.3) is 5.52 Å². The van der Waals surface area contributed by atoms with E-state index in [1.807, 2.05) is 78.2 Å². The number of carbonyl (C=O) groups is 1. The van der Waals surface area contributed by atoms with Crippen LogP contribution in [0.5, 0.6) is 5.75 Å². The maximum Gasteiger partial charge on any atom is 0.338 e. The van der Waals surface area contributed by atoms with Crippen molar-refractivity contribution in [3.63, 3.8) is 0 Å². The van der Waals surface area contributed by atoms with Gasteiger partial charge in [0.15, 0.2) is 0 Å². The first kappa shape index (κ1) is 17.9. The first-order valence-corrected chi connectivity index (χ1v) is 9.21. The molecule has 4 nitrogen and oxygen atoms in total. The van der Waals surface area contributed by atoms with Crippen LogP contribution < -0.4 is 4.74 Å². The van der Waals surface area contributed by atoms with Gasteiger partial charge in [0.2, 0.25) is 0 Å². The molecule has 0 amide bonds. The fraction of sp³-hybridized carbons (Fsp3) is 0.125. The highest BCUT2D eigenvalue weighted by Gasteiger charge is 2.23. The number of carboxylic acid groups (broad SMARTS) is 1. The molecule has 0 aliphatic heterocycles. The largest absolute Gasteiger partial charge is 0.487 e. The van der Waals surface area contributed by atoms with E-state index < -0.39 is 5.97 Å². The number of pyridine rings is 1. The number of aromatic carboxylic acids is 1. The third-order valence-corrected chi connectivity index (χ3v) is 4.96. The zero-order valence-corrected chi connectivity index (χ0v) is 15.6. The molecule has 0 atom stereocenters. The molecule has 0 bridgehead atoms. The zero-order chi connectivity index (χ0) is 19.5. The van der Waals surface area contributed by atoms with Crippen LogP contribution in [0.2, 0.25) is 0 Å². The first-order chi connectivity index (χ1) is 13.6. The van der Waals surface area contributed by atoms with E-state index in [9.17, 15) is 9.90 Å². The lowest BCUT2D eigenvalue weighted by Gasteiger charge is -2.10. The second-order valence-electron chi connectivity index (χ2n) is 6.78. The normalized spacial score (nSPS) is 10.9. The van der Waals surface area contributed by atoms with Gasteiger partial charge in [-0.05, 0) is 35.7 Å². The van der Waals surface area contributed by atoms with Crippen molar-refractivity contribution in [2.75, 3.05) is 0 Å². The number of benzene rings is 2. The van der Waals surface area contributed by atoms with Gasteiger partial charge in [0.05, 0.1) is 5.56 Å². The van der Waals surface area contributed by atoms with Crippen molar-refractivity contribution in [1.29, 1.82) is 0 Å². The van der Waals surface area contributed by atoms with Crippen LogP contribution in [0, 0.1) is 6.92 Å². The van der Waals surface area contributed by atoms with Crippen LogP contribution in [0.15, 0.2) is 79.0 Å². The Morgan fingerprint density at radius 1 is 0.929 bits per heavy atom. The van der Waals surface area contributed by atoms with Gasteiger partial charge in [-0.15, -0.1) is 0 Å². The minimum atomic E-state index is -0.940. The Labute approximate surface area is 163 Å². The lowest BCUT2D eigenvalue weighted by atomic mass is 10.1. The van der Waals surface area contributed by atoms with E-state index in [-0.39, 0.29) is 0 Å². The maximum atomic E-state index is 12.1. The monoisotopic (exact) mass is 371 g/mol. The van der Waals surface area contributed by atoms with E-state index in [1.54, 1.807) is 0 Å². The fourth-order valence-electron chi connectivity index (χ4n) is 3.58. The SMILES string of the molecule is Cc1c(C(=O)O)c2c(OCc3ccccc3)cccn2c1Cc1ccccc1. The summed E-state index contributed by atoms with van der Waals surface area (Å²) in [5.74, 6) is -0.365. The molecule has 140 valence electrons. The number of hydrogen-bond donors (Lipinski definition) is 1. The van der Waals surface area contributed by atoms with Crippen molar-refractivity contribution in [2.45, 2.75) is 20.0 Å². The second kappa shape index (κ2) is 7.61. The second-order valence-corrected chi connectivity index (χ2v) is 6.78. The van der Waals surface area contributed by atoms with E-state index in [2.05, 4.69) is 12.1 Å². The minimum Gasteiger partial charge on any atom is -0.487 e. The zero-order valence-electron chi connectivity index (χ0n) is 15.6. The Hall–Kier alpha value is -3.53. The van der Waals surface area contributed by atoms with Gasteiger partial charge < -0.3 is 14.2 Å². The highest BCUT2D eigenvalue weighted by atomic mass is 16.5. The summed E-state index contributed by atoms with van der Waals surface area (Å²) in [5, 5.41) is 9.88. The molecule has 0 saturated heterocycles. The Morgan fingerprint density at radius 3 is 2.21 bits per heavy atom. The molecule has 28 heavy (non-hydrogen) atoms. The molecule has 0 radical (unpaired) electrons. The van der Waals surface area contributed by atoms with E-state index in [0.29, 0.717) is 29.9 Å². The molecule has 0 unspecified atom stereocenters. The number of aromatic nitrogens is 1. The summed E-state index contributed by atoms with van der Waals surface area (Å²) in [5.41, 5.74) is 4.81. The number of rotatable bonds is 6. The van der Waals surface area contributed by atoms with Gasteiger partial charge >= 0.3 is 5.97 Å². The standard InChI is InChI=1S/C24H21NO3/c1-17-20(15-18-9-4-2-5-10-18)25-14-8-13-21(23(25)22(17)24(26)27)28-16-19-11-6-3-7-12-19/h2-14H,15-16H2,1H3,(H,26,27). The summed E-state index contributed by atoms with van der Waals surface area (Å²) in [4.78, 5) is 12.1. The van der Waals surface area contributed by atoms with Gasteiger partial charge in [-0.1, -0.05) is 60.7 Å². The van der Waals surface area contributed by atoms with Crippen molar-refractivity contribution in [3.05, 3.63) is 107 Å². The van der Waals surface area contributed by atoms with Gasteiger partial charge in [-0.2, -0.15) is 0 Å². The summed E-state index contributed by atoms with van der Waals surface area (Å²) in [7, 11) is 0. The molecule has 0 saturated carbocycles. The third-order valence-electron chi connectivity index (χ3n) is 4.96. The fourth-order valence-corrected chi connectivity index (χ4v) is 3.58. The van der Waals surface area contributed by atoms with Crippen LogP contribution in [0.1, 0.15) is 32.7 Å². The average molecular weight is 371 g/mol. The van der Waals surface area contributed by atoms with Crippen molar-refractivity contribution < 1.29 is 14.6 Å². The van der Waals surface area contributed by atoms with Crippen LogP contribution >= 0.6 is 0 Å². The van der Waals surface area contributed by atoms with Gasteiger partial charge in [0, 0.05) is 18.3 Å². The van der Waals surface area contributed by atoms with E-state index in [0.717, 1.165) is 22.4 Å². The lowest BCUT2D eigenvalue weighted by molar-refractivity contribution is 0.0698. The van der Waals surface area contributed by atoms with Crippen LogP contribution in [0.4, 0.5) is 0 Å². The summed E-state index contributed by atoms with van der Waals surface area (Å²) in [6, 6.07) is 23.6. The molecule has 1 N–H and O–H groups in total. The van der Waals surface area contributed by atoms with Crippen molar-refractivity contribution in [2.24, 2.45) is 0 Å². The Balaban J connectivity index is 1.79. The van der Waals surface area contributed by atoms with Crippen molar-refractivity contribution >= 4 is 11.5 Å². The average Bonchev–Trinajstić information content (AvgIpc) is 3.00. The van der Waals surface area contributed by atoms with Gasteiger partial charge in [-0.3, -0.25) is 0 Å². The predicted molar refractivity (Wildman–Crippen MR) is 109 cm³/mol. The first-order valence-electron chi connectivity index (χ1n) is 9.21. The predicted octanol–water partition coefficient (Wildman–Crippen LogP) is 5.12. The topological polar surface area (TPSA) is 50.9 Å². The number of fused-ring (bicyclic) bond motifs is 1. The molecule has 0 fully saturated rings. The molecule has 2 heterocycles. The lowest BCUT2D eigenvalue weighted by Crippen LogP contribution is -2.01. The van der Waals surface area contributed by atoms with Crippen LogP contribution in [-0.2, 0) is 13.0 Å². The Bertz CT molecular complexity index is 1120. The van der Waals surface area contributed by atoms with Crippen molar-refractivity contribution in [1.82, 2.24) is 4.40 Å². The molecular weight excluding hydrogens is 350 g/mol. The maximum absolute atomic E-state index is 12.1. The molecule has 0 aliphatic rings. The molecule has 4 heteroatoms. The van der Waals surface area contributed by atoms with Gasteiger partial charge in [0.25, 0.3) is 0 Å². The smallest absolute Gasteiger partial charge is 0.338 e. The summed E-state index contributed by atoms with van der Waals surface area (Å²) in [6.45, 7) is 2.26. The molecule has 2 aromatic carbocycles. The van der Waals surface area contributed by atoms with E-state index >= 15 is 0 Å². The number of ether oxygens (including phenoxy) is 1. The highest BCUT2D eigenvalue weighted by Crippen LogP contribution is 2.32. The van der Waals surface area contributed by atoms with Crippen LogP contribution in [-0.4, -0.2) is 15.5 Å². The quantitative estimate of drug-likeness (QED) is 0.512. The number of hydrogen-bond acceptors (Lipinski definition) is 2. The minimum absolute atomic E-state index is 0.301. The molecule has 0 aliphatic carbocycles. The third kappa shape index (κ3) is 3.37. The molecule has 4 rings (SSSR count). The summed E-state index contributed by atoms with van der Waals surface area (Å²) >= 11 is 0. The van der Waals surface area contributed by atoms with Gasteiger partial charge in [-0.25, -0.2) is 4.79 Å². The number of nitrogens with zero attached hydrogens (tertiary/aromatic N) is 1. The summed E-state index contributed by atoms with van der Waals surface area (Å²) < 4.78 is 7.98. The van der Waals surface area contributed by atoms with Crippen molar-refractivity contribution in [3.8, 4) is 5.75 Å². The summed E-state index contributed by atoms with van der Waals surface area (Å²) in [6.07, 6.45) is 2.56. The van der Waals surface area contributed by atoms with E-state index in [1.165, 1.54) is 0 Å². The highest BCUT2D eigenvalue weighted by molar-refractivity contribution is 6.00. The van der Waals surface area contributed by atoms with E-state index in [4.69, 9.17) is 4.74 Å². The number of carboxylic acids is 1. The molecule has 2 aromatic heterocycles. The molecule has 0 spiro atoms.